The van der Waals surface area contributed by atoms with Crippen LogP contribution in [0.4, 0.5) is 5.69 Å². The average molecular weight is 410 g/mol. The molecule has 2 rings (SSSR count). The Morgan fingerprint density at radius 3 is 1.90 bits per heavy atom. The van der Waals surface area contributed by atoms with Crippen molar-refractivity contribution < 1.29 is 9.59 Å². The van der Waals surface area contributed by atoms with Crippen LogP contribution in [-0.2, 0) is 9.59 Å². The summed E-state index contributed by atoms with van der Waals surface area (Å²) < 4.78 is 0. The number of rotatable bonds is 9. The average Bonchev–Trinajstić information content (AvgIpc) is 2.69. The highest BCUT2D eigenvalue weighted by molar-refractivity contribution is 5.95. The van der Waals surface area contributed by atoms with Gasteiger partial charge in [0.2, 0.25) is 11.8 Å². The molecule has 0 aliphatic heterocycles. The first-order chi connectivity index (χ1) is 14.2. The zero-order chi connectivity index (χ0) is 22.3. The van der Waals surface area contributed by atoms with Crippen LogP contribution in [0.25, 0.3) is 0 Å². The first-order valence-corrected chi connectivity index (χ1v) is 10.6. The minimum absolute atomic E-state index is 0.0519. The van der Waals surface area contributed by atoms with Crippen molar-refractivity contribution >= 4 is 17.5 Å². The van der Waals surface area contributed by atoms with Gasteiger partial charge in [0.1, 0.15) is 0 Å². The van der Waals surface area contributed by atoms with E-state index in [1.165, 1.54) is 5.56 Å². The van der Waals surface area contributed by atoms with Crippen LogP contribution in [0.15, 0.2) is 42.5 Å². The molecule has 1 atom stereocenters. The van der Waals surface area contributed by atoms with E-state index in [1.54, 1.807) is 0 Å². The Morgan fingerprint density at radius 2 is 1.37 bits per heavy atom. The van der Waals surface area contributed by atoms with Crippen molar-refractivity contribution in [3.8, 4) is 0 Å². The van der Waals surface area contributed by atoms with Gasteiger partial charge >= 0.3 is 0 Å². The van der Waals surface area contributed by atoms with Gasteiger partial charge in [-0.15, -0.1) is 0 Å². The second kappa shape index (κ2) is 10.9. The normalized spacial score (nSPS) is 12.1. The maximum absolute atomic E-state index is 12.3. The Labute approximate surface area is 180 Å². The molecule has 30 heavy (non-hydrogen) atoms. The van der Waals surface area contributed by atoms with Gasteiger partial charge in [-0.1, -0.05) is 70.2 Å². The summed E-state index contributed by atoms with van der Waals surface area (Å²) in [5, 5.41) is 8.91. The van der Waals surface area contributed by atoms with Crippen molar-refractivity contribution in [2.45, 2.75) is 53.5 Å². The Morgan fingerprint density at radius 1 is 0.800 bits per heavy atom. The fraction of sp³-hybridized carbons (Fsp3) is 0.440. The molecular weight excluding hydrogens is 374 g/mol. The molecule has 162 valence electrons. The van der Waals surface area contributed by atoms with E-state index >= 15 is 0 Å². The number of amides is 2. The summed E-state index contributed by atoms with van der Waals surface area (Å²) in [6.45, 7) is 12.6. The number of hydrogen-bond acceptors (Lipinski definition) is 3. The van der Waals surface area contributed by atoms with Gasteiger partial charge in [-0.25, -0.2) is 0 Å². The highest BCUT2D eigenvalue weighted by atomic mass is 16.2. The van der Waals surface area contributed by atoms with Crippen molar-refractivity contribution in [2.75, 3.05) is 18.4 Å². The fourth-order valence-electron chi connectivity index (χ4n) is 3.47. The lowest BCUT2D eigenvalue weighted by Crippen LogP contribution is -2.40. The predicted octanol–water partition coefficient (Wildman–Crippen LogP) is 4.47. The van der Waals surface area contributed by atoms with Crippen LogP contribution in [0.3, 0.4) is 0 Å². The molecule has 3 N–H and O–H groups in total. The second-order valence-corrected chi connectivity index (χ2v) is 8.52. The van der Waals surface area contributed by atoms with E-state index in [2.05, 4.69) is 67.9 Å². The summed E-state index contributed by atoms with van der Waals surface area (Å²) in [6, 6.07) is 14.5. The Bertz CT molecular complexity index is 837. The van der Waals surface area contributed by atoms with Crippen LogP contribution in [0.2, 0.25) is 0 Å². The smallest absolute Gasteiger partial charge is 0.243 e. The molecule has 0 unspecified atom stereocenters. The van der Waals surface area contributed by atoms with Crippen molar-refractivity contribution in [3.63, 3.8) is 0 Å². The van der Waals surface area contributed by atoms with Gasteiger partial charge in [0, 0.05) is 11.7 Å². The molecule has 2 aromatic rings. The largest absolute Gasteiger partial charge is 0.346 e. The molecule has 0 radical (unpaired) electrons. The summed E-state index contributed by atoms with van der Waals surface area (Å²) in [5.74, 6) is 0.390. The number of anilines is 1. The lowest BCUT2D eigenvalue weighted by molar-refractivity contribution is -0.123. The third kappa shape index (κ3) is 6.70. The van der Waals surface area contributed by atoms with Gasteiger partial charge in [-0.05, 0) is 47.9 Å². The van der Waals surface area contributed by atoms with Crippen LogP contribution >= 0.6 is 0 Å². The quantitative estimate of drug-likeness (QED) is 0.572. The summed E-state index contributed by atoms with van der Waals surface area (Å²) in [6.07, 6.45) is 0. The zero-order valence-electron chi connectivity index (χ0n) is 19.0. The lowest BCUT2D eigenvalue weighted by Gasteiger charge is -2.23. The summed E-state index contributed by atoms with van der Waals surface area (Å²) in [5.41, 5.74) is 5.27. The van der Waals surface area contributed by atoms with Gasteiger partial charge < -0.3 is 16.0 Å². The SMILES string of the molecule is Cc1cccc(C)c1NC(=O)CNC(=O)CN[C@@H](c1ccc(C(C)C)cc1)C(C)C. The highest BCUT2D eigenvalue weighted by Gasteiger charge is 2.17. The molecule has 5 heteroatoms. The molecule has 2 amide bonds. The van der Waals surface area contributed by atoms with Crippen molar-refractivity contribution in [2.24, 2.45) is 5.92 Å². The van der Waals surface area contributed by atoms with Crippen LogP contribution in [0.5, 0.6) is 0 Å². The number of nitrogens with one attached hydrogen (secondary N) is 3. The second-order valence-electron chi connectivity index (χ2n) is 8.52. The van der Waals surface area contributed by atoms with E-state index < -0.39 is 0 Å². The van der Waals surface area contributed by atoms with Gasteiger partial charge in [-0.2, -0.15) is 0 Å². The molecule has 0 aliphatic rings. The standard InChI is InChI=1S/C25H35N3O2/c1-16(2)20-10-12-21(13-11-20)24(17(3)4)27-14-22(29)26-15-23(30)28-25-18(5)8-7-9-19(25)6/h7-13,16-17,24,27H,14-15H2,1-6H3,(H,26,29)(H,28,30)/t24-/m1/s1. The van der Waals surface area contributed by atoms with Gasteiger partial charge in [-0.3, -0.25) is 9.59 Å². The molecule has 2 aromatic carbocycles. The minimum atomic E-state index is -0.231. The van der Waals surface area contributed by atoms with Crippen molar-refractivity contribution in [1.82, 2.24) is 10.6 Å². The lowest BCUT2D eigenvalue weighted by atomic mass is 9.93. The molecule has 0 saturated heterocycles. The highest BCUT2D eigenvalue weighted by Crippen LogP contribution is 2.24. The van der Waals surface area contributed by atoms with E-state index in [4.69, 9.17) is 0 Å². The van der Waals surface area contributed by atoms with E-state index in [-0.39, 0.29) is 30.9 Å². The van der Waals surface area contributed by atoms with Crippen LogP contribution < -0.4 is 16.0 Å². The molecule has 0 aromatic heterocycles. The molecule has 0 fully saturated rings. The molecule has 0 aliphatic carbocycles. The molecule has 0 heterocycles. The van der Waals surface area contributed by atoms with Crippen LogP contribution in [-0.4, -0.2) is 24.9 Å². The summed E-state index contributed by atoms with van der Waals surface area (Å²) in [7, 11) is 0. The molecule has 0 bridgehead atoms. The van der Waals surface area contributed by atoms with Crippen LogP contribution in [0.1, 0.15) is 61.9 Å². The van der Waals surface area contributed by atoms with E-state index in [0.717, 1.165) is 22.4 Å². The number of para-hydroxylation sites is 1. The monoisotopic (exact) mass is 409 g/mol. The molecule has 0 spiro atoms. The first kappa shape index (κ1) is 23.6. The summed E-state index contributed by atoms with van der Waals surface area (Å²) >= 11 is 0. The molecular formula is C25H35N3O2. The number of hydrogen-bond donors (Lipinski definition) is 3. The Kier molecular flexibility index (Phi) is 8.60. The fourth-order valence-corrected chi connectivity index (χ4v) is 3.47. The summed E-state index contributed by atoms with van der Waals surface area (Å²) in [4.78, 5) is 24.5. The predicted molar refractivity (Wildman–Crippen MR) is 124 cm³/mol. The third-order valence-electron chi connectivity index (χ3n) is 5.30. The first-order valence-electron chi connectivity index (χ1n) is 10.6. The minimum Gasteiger partial charge on any atom is -0.346 e. The molecule has 5 nitrogen and oxygen atoms in total. The number of benzene rings is 2. The van der Waals surface area contributed by atoms with Crippen molar-refractivity contribution in [3.05, 3.63) is 64.7 Å². The van der Waals surface area contributed by atoms with E-state index in [9.17, 15) is 9.59 Å². The zero-order valence-corrected chi connectivity index (χ0v) is 19.0. The van der Waals surface area contributed by atoms with Gasteiger partial charge in [0.25, 0.3) is 0 Å². The maximum Gasteiger partial charge on any atom is 0.243 e. The Hall–Kier alpha value is -2.66. The van der Waals surface area contributed by atoms with Gasteiger partial charge in [0.05, 0.1) is 13.1 Å². The third-order valence-corrected chi connectivity index (χ3v) is 5.30. The van der Waals surface area contributed by atoms with E-state index in [0.29, 0.717) is 11.8 Å². The molecule has 0 saturated carbocycles. The van der Waals surface area contributed by atoms with Crippen LogP contribution in [0, 0.1) is 19.8 Å². The maximum atomic E-state index is 12.3. The van der Waals surface area contributed by atoms with E-state index in [1.807, 2.05) is 32.0 Å². The number of carbonyl (C=O) groups is 2. The topological polar surface area (TPSA) is 70.2 Å². The van der Waals surface area contributed by atoms with Crippen molar-refractivity contribution in [1.29, 1.82) is 0 Å². The Balaban J connectivity index is 1.86. The van der Waals surface area contributed by atoms with Gasteiger partial charge in [0.15, 0.2) is 0 Å². The number of carbonyl (C=O) groups excluding carboxylic acids is 2. The number of aryl methyl sites for hydroxylation is 2.